The van der Waals surface area contributed by atoms with E-state index in [4.69, 9.17) is 5.73 Å². The number of hydrogen-bond acceptors (Lipinski definition) is 2. The van der Waals surface area contributed by atoms with Gasteiger partial charge < -0.3 is 16.4 Å². The van der Waals surface area contributed by atoms with Crippen molar-refractivity contribution >= 4 is 17.4 Å². The molecule has 4 nitrogen and oxygen atoms in total. The number of amides is 2. The second-order valence-corrected chi connectivity index (χ2v) is 5.08. The molecule has 0 fully saturated rings. The highest BCUT2D eigenvalue weighted by molar-refractivity contribution is 5.87. The molecule has 2 aromatic carbocycles. The van der Waals surface area contributed by atoms with Gasteiger partial charge >= 0.3 is 6.03 Å². The number of nitrogens with two attached hydrogens (primary N) is 1. The molecule has 0 heterocycles. The summed E-state index contributed by atoms with van der Waals surface area (Å²) in [7, 11) is 0. The van der Waals surface area contributed by atoms with Crippen molar-refractivity contribution in [3.63, 3.8) is 0 Å². The van der Waals surface area contributed by atoms with E-state index in [1.54, 1.807) is 0 Å². The second kappa shape index (κ2) is 6.79. The van der Waals surface area contributed by atoms with Crippen LogP contribution in [0.25, 0.3) is 0 Å². The maximum absolute atomic E-state index is 10.8. The van der Waals surface area contributed by atoms with Crippen molar-refractivity contribution in [2.24, 2.45) is 5.73 Å². The van der Waals surface area contributed by atoms with E-state index in [0.717, 1.165) is 12.1 Å². The van der Waals surface area contributed by atoms with E-state index in [9.17, 15) is 4.79 Å². The molecule has 0 aliphatic heterocycles. The highest BCUT2D eigenvalue weighted by Gasteiger charge is 2.08. The average molecular weight is 283 g/mol. The van der Waals surface area contributed by atoms with Gasteiger partial charge in [0.25, 0.3) is 0 Å². The molecule has 1 atom stereocenters. The van der Waals surface area contributed by atoms with Crippen LogP contribution in [0, 0.1) is 6.92 Å². The summed E-state index contributed by atoms with van der Waals surface area (Å²) in [5.41, 5.74) is 9.32. The largest absolute Gasteiger partial charge is 0.378 e. The zero-order valence-corrected chi connectivity index (χ0v) is 12.4. The van der Waals surface area contributed by atoms with Crippen molar-refractivity contribution < 1.29 is 4.79 Å². The fourth-order valence-corrected chi connectivity index (χ4v) is 2.21. The van der Waals surface area contributed by atoms with Gasteiger partial charge in [-0.05, 0) is 43.2 Å². The predicted molar refractivity (Wildman–Crippen MR) is 87.5 cm³/mol. The Kier molecular flexibility index (Phi) is 4.82. The van der Waals surface area contributed by atoms with E-state index >= 15 is 0 Å². The van der Waals surface area contributed by atoms with Crippen LogP contribution in [0.5, 0.6) is 0 Å². The Morgan fingerprint density at radius 3 is 2.14 bits per heavy atom. The van der Waals surface area contributed by atoms with Gasteiger partial charge in [-0.3, -0.25) is 0 Å². The standard InChI is InChI=1S/C17H21N3O/c1-3-16(13-6-4-12(2)5-7-13)19-14-8-10-15(11-9-14)20-17(18)21/h4-11,16,19H,3H2,1-2H3,(H3,18,20,21). The van der Waals surface area contributed by atoms with Crippen LogP contribution in [-0.4, -0.2) is 6.03 Å². The summed E-state index contributed by atoms with van der Waals surface area (Å²) in [6.07, 6.45) is 0.990. The van der Waals surface area contributed by atoms with Gasteiger partial charge in [0.2, 0.25) is 0 Å². The van der Waals surface area contributed by atoms with Gasteiger partial charge in [0.1, 0.15) is 0 Å². The molecule has 2 rings (SSSR count). The summed E-state index contributed by atoms with van der Waals surface area (Å²) in [6.45, 7) is 4.24. The molecule has 0 bridgehead atoms. The van der Waals surface area contributed by atoms with Crippen LogP contribution in [0.3, 0.4) is 0 Å². The number of hydrogen-bond donors (Lipinski definition) is 3. The van der Waals surface area contributed by atoms with Crippen LogP contribution < -0.4 is 16.4 Å². The summed E-state index contributed by atoms with van der Waals surface area (Å²) in [5, 5.41) is 6.05. The molecule has 110 valence electrons. The number of carbonyl (C=O) groups excluding carboxylic acids is 1. The van der Waals surface area contributed by atoms with E-state index in [0.29, 0.717) is 5.69 Å². The van der Waals surface area contributed by atoms with Crippen LogP contribution in [0.2, 0.25) is 0 Å². The third-order valence-electron chi connectivity index (χ3n) is 3.38. The summed E-state index contributed by atoms with van der Waals surface area (Å²) < 4.78 is 0. The van der Waals surface area contributed by atoms with Crippen molar-refractivity contribution in [3.8, 4) is 0 Å². The van der Waals surface area contributed by atoms with Crippen LogP contribution in [0.1, 0.15) is 30.5 Å². The molecule has 21 heavy (non-hydrogen) atoms. The topological polar surface area (TPSA) is 67.2 Å². The molecule has 0 aromatic heterocycles. The summed E-state index contributed by atoms with van der Waals surface area (Å²) in [6, 6.07) is 15.8. The normalized spacial score (nSPS) is 11.7. The number of anilines is 2. The molecule has 0 spiro atoms. The Balaban J connectivity index is 2.07. The number of urea groups is 1. The van der Waals surface area contributed by atoms with Crippen LogP contribution in [0.15, 0.2) is 48.5 Å². The maximum atomic E-state index is 10.8. The Bertz CT molecular complexity index is 590. The number of rotatable bonds is 5. The van der Waals surface area contributed by atoms with Gasteiger partial charge in [-0.25, -0.2) is 4.79 Å². The summed E-state index contributed by atoms with van der Waals surface area (Å²) in [4.78, 5) is 10.8. The number of nitrogens with one attached hydrogen (secondary N) is 2. The first kappa shape index (κ1) is 14.9. The molecule has 1 unspecified atom stereocenters. The van der Waals surface area contributed by atoms with Gasteiger partial charge in [0, 0.05) is 11.4 Å². The van der Waals surface area contributed by atoms with Crippen molar-refractivity contribution in [1.82, 2.24) is 0 Å². The van der Waals surface area contributed by atoms with Crippen LogP contribution in [0.4, 0.5) is 16.2 Å². The zero-order valence-electron chi connectivity index (χ0n) is 12.4. The van der Waals surface area contributed by atoms with Gasteiger partial charge in [-0.15, -0.1) is 0 Å². The zero-order chi connectivity index (χ0) is 15.2. The number of benzene rings is 2. The maximum Gasteiger partial charge on any atom is 0.316 e. The van der Waals surface area contributed by atoms with E-state index in [1.165, 1.54) is 11.1 Å². The van der Waals surface area contributed by atoms with E-state index < -0.39 is 6.03 Å². The lowest BCUT2D eigenvalue weighted by Gasteiger charge is -2.19. The SMILES string of the molecule is CCC(Nc1ccc(NC(N)=O)cc1)c1ccc(C)cc1. The predicted octanol–water partition coefficient (Wildman–Crippen LogP) is 4.05. The molecule has 4 N–H and O–H groups in total. The molecule has 0 saturated heterocycles. The minimum atomic E-state index is -0.554. The fourth-order valence-electron chi connectivity index (χ4n) is 2.21. The molecule has 0 saturated carbocycles. The van der Waals surface area contributed by atoms with Gasteiger partial charge in [-0.1, -0.05) is 36.8 Å². The highest BCUT2D eigenvalue weighted by Crippen LogP contribution is 2.23. The average Bonchev–Trinajstić information content (AvgIpc) is 2.47. The lowest BCUT2D eigenvalue weighted by atomic mass is 10.0. The lowest BCUT2D eigenvalue weighted by Crippen LogP contribution is -2.19. The number of aryl methyl sites for hydroxylation is 1. The molecule has 2 aromatic rings. The van der Waals surface area contributed by atoms with Crippen LogP contribution >= 0.6 is 0 Å². The van der Waals surface area contributed by atoms with E-state index in [2.05, 4.69) is 48.7 Å². The second-order valence-electron chi connectivity index (χ2n) is 5.08. The number of primary amides is 1. The van der Waals surface area contributed by atoms with Crippen LogP contribution in [-0.2, 0) is 0 Å². The fraction of sp³-hybridized carbons (Fsp3) is 0.235. The quantitative estimate of drug-likeness (QED) is 0.775. The molecular formula is C17H21N3O. The minimum absolute atomic E-state index is 0.264. The Morgan fingerprint density at radius 1 is 1.05 bits per heavy atom. The molecular weight excluding hydrogens is 262 g/mol. The smallest absolute Gasteiger partial charge is 0.316 e. The Morgan fingerprint density at radius 2 is 1.62 bits per heavy atom. The summed E-state index contributed by atoms with van der Waals surface area (Å²) in [5.74, 6) is 0. The molecule has 0 aliphatic rings. The van der Waals surface area contributed by atoms with Crippen molar-refractivity contribution in [2.75, 3.05) is 10.6 Å². The summed E-state index contributed by atoms with van der Waals surface area (Å²) >= 11 is 0. The Labute approximate surface area is 125 Å². The first-order valence-corrected chi connectivity index (χ1v) is 7.08. The van der Waals surface area contributed by atoms with Gasteiger partial charge in [0.05, 0.1) is 6.04 Å². The minimum Gasteiger partial charge on any atom is -0.378 e. The Hall–Kier alpha value is -2.49. The van der Waals surface area contributed by atoms with E-state index in [1.807, 2.05) is 24.3 Å². The highest BCUT2D eigenvalue weighted by atomic mass is 16.2. The van der Waals surface area contributed by atoms with Crippen molar-refractivity contribution in [2.45, 2.75) is 26.3 Å². The van der Waals surface area contributed by atoms with Crippen molar-refractivity contribution in [3.05, 3.63) is 59.7 Å². The third-order valence-corrected chi connectivity index (χ3v) is 3.38. The lowest BCUT2D eigenvalue weighted by molar-refractivity contribution is 0.259. The first-order valence-electron chi connectivity index (χ1n) is 7.08. The first-order chi connectivity index (χ1) is 10.1. The molecule has 0 aliphatic carbocycles. The third kappa shape index (κ3) is 4.24. The van der Waals surface area contributed by atoms with Gasteiger partial charge in [-0.2, -0.15) is 0 Å². The van der Waals surface area contributed by atoms with E-state index in [-0.39, 0.29) is 6.04 Å². The monoisotopic (exact) mass is 283 g/mol. The molecule has 0 radical (unpaired) electrons. The molecule has 4 heteroatoms. The van der Waals surface area contributed by atoms with Gasteiger partial charge in [0.15, 0.2) is 0 Å². The molecule has 2 amide bonds. The number of carbonyl (C=O) groups is 1. The van der Waals surface area contributed by atoms with Crippen molar-refractivity contribution in [1.29, 1.82) is 0 Å².